The summed E-state index contributed by atoms with van der Waals surface area (Å²) in [5.41, 5.74) is 5.74. The van der Waals surface area contributed by atoms with Crippen LogP contribution in [-0.4, -0.2) is 29.0 Å². The lowest BCUT2D eigenvalue weighted by Crippen LogP contribution is -2.37. The van der Waals surface area contributed by atoms with Gasteiger partial charge in [0.15, 0.2) is 0 Å². The molecule has 1 atom stereocenters. The Labute approximate surface area is 111 Å². The predicted molar refractivity (Wildman–Crippen MR) is 69.7 cm³/mol. The Kier molecular flexibility index (Phi) is 5.30. The van der Waals surface area contributed by atoms with Gasteiger partial charge in [0.05, 0.1) is 13.2 Å². The van der Waals surface area contributed by atoms with Gasteiger partial charge in [0, 0.05) is 6.07 Å². The molecule has 7 heteroatoms. The number of anilines is 1. The third-order valence-electron chi connectivity index (χ3n) is 2.18. The summed E-state index contributed by atoms with van der Waals surface area (Å²) in [6.07, 6.45) is 0.587. The smallest absolute Gasteiger partial charge is 0.243 e. The lowest BCUT2D eigenvalue weighted by Gasteiger charge is -2.13. The van der Waals surface area contributed by atoms with Gasteiger partial charge in [-0.25, -0.2) is 4.98 Å². The number of ether oxygens (including phenoxy) is 1. The number of carbonyl (C=O) groups is 1. The number of methoxy groups -OCH3 is 1. The maximum atomic E-state index is 11.8. The van der Waals surface area contributed by atoms with Gasteiger partial charge in [0.1, 0.15) is 5.15 Å². The summed E-state index contributed by atoms with van der Waals surface area (Å²) in [6.45, 7) is 3.98. The standard InChI is InChI=1S/C11H17ClN4O2/c1-6(2)4-7(13)10(17)16-11-14-8(12)5-9(15-11)18-3/h5-7H,4,13H2,1-3H3,(H,14,15,16,17). The molecule has 0 saturated heterocycles. The molecule has 0 bridgehead atoms. The monoisotopic (exact) mass is 272 g/mol. The highest BCUT2D eigenvalue weighted by Crippen LogP contribution is 2.16. The van der Waals surface area contributed by atoms with Crippen molar-refractivity contribution in [2.24, 2.45) is 11.7 Å². The largest absolute Gasteiger partial charge is 0.481 e. The van der Waals surface area contributed by atoms with Gasteiger partial charge >= 0.3 is 0 Å². The molecule has 0 aromatic carbocycles. The van der Waals surface area contributed by atoms with E-state index in [0.29, 0.717) is 12.3 Å². The first-order valence-corrected chi connectivity index (χ1v) is 5.95. The van der Waals surface area contributed by atoms with Crippen molar-refractivity contribution in [3.63, 3.8) is 0 Å². The summed E-state index contributed by atoms with van der Waals surface area (Å²) < 4.78 is 4.92. The third-order valence-corrected chi connectivity index (χ3v) is 2.37. The fraction of sp³-hybridized carbons (Fsp3) is 0.545. The van der Waals surface area contributed by atoms with Gasteiger partial charge in [-0.15, -0.1) is 0 Å². The maximum absolute atomic E-state index is 11.8. The van der Waals surface area contributed by atoms with Crippen molar-refractivity contribution in [3.8, 4) is 5.88 Å². The second-order valence-electron chi connectivity index (χ2n) is 4.28. The van der Waals surface area contributed by atoms with Crippen molar-refractivity contribution in [3.05, 3.63) is 11.2 Å². The van der Waals surface area contributed by atoms with Crippen molar-refractivity contribution < 1.29 is 9.53 Å². The average Bonchev–Trinajstić information content (AvgIpc) is 2.27. The number of hydrogen-bond donors (Lipinski definition) is 2. The lowest BCUT2D eigenvalue weighted by molar-refractivity contribution is -0.117. The zero-order valence-corrected chi connectivity index (χ0v) is 11.4. The first kappa shape index (κ1) is 14.7. The molecular weight excluding hydrogens is 256 g/mol. The molecule has 0 aliphatic heterocycles. The first-order chi connectivity index (χ1) is 8.42. The molecule has 18 heavy (non-hydrogen) atoms. The van der Waals surface area contributed by atoms with E-state index in [9.17, 15) is 4.79 Å². The Hall–Kier alpha value is -1.40. The van der Waals surface area contributed by atoms with Crippen LogP contribution in [0.5, 0.6) is 5.88 Å². The van der Waals surface area contributed by atoms with E-state index >= 15 is 0 Å². The number of nitrogens with two attached hydrogens (primary N) is 1. The van der Waals surface area contributed by atoms with Crippen LogP contribution < -0.4 is 15.8 Å². The van der Waals surface area contributed by atoms with E-state index in [2.05, 4.69) is 15.3 Å². The van der Waals surface area contributed by atoms with E-state index in [0.717, 1.165) is 0 Å². The van der Waals surface area contributed by atoms with Crippen molar-refractivity contribution in [1.29, 1.82) is 0 Å². The SMILES string of the molecule is COc1cc(Cl)nc(NC(=O)C(N)CC(C)C)n1. The quantitative estimate of drug-likeness (QED) is 0.792. The molecule has 100 valence electrons. The highest BCUT2D eigenvalue weighted by atomic mass is 35.5. The van der Waals surface area contributed by atoms with E-state index in [-0.39, 0.29) is 22.9 Å². The Morgan fingerprint density at radius 1 is 1.56 bits per heavy atom. The molecule has 0 radical (unpaired) electrons. The molecule has 1 aromatic rings. The Balaban J connectivity index is 2.72. The van der Waals surface area contributed by atoms with Crippen molar-refractivity contribution in [1.82, 2.24) is 9.97 Å². The van der Waals surface area contributed by atoms with E-state index in [1.54, 1.807) is 0 Å². The Morgan fingerprint density at radius 3 is 2.78 bits per heavy atom. The van der Waals surface area contributed by atoms with Crippen LogP contribution in [-0.2, 0) is 4.79 Å². The van der Waals surface area contributed by atoms with Gasteiger partial charge in [-0.3, -0.25) is 10.1 Å². The van der Waals surface area contributed by atoms with Gasteiger partial charge in [0.2, 0.25) is 17.7 Å². The lowest BCUT2D eigenvalue weighted by atomic mass is 10.0. The fourth-order valence-corrected chi connectivity index (χ4v) is 1.55. The number of nitrogens with one attached hydrogen (secondary N) is 1. The summed E-state index contributed by atoms with van der Waals surface area (Å²) >= 11 is 5.76. The van der Waals surface area contributed by atoms with Gasteiger partial charge in [-0.1, -0.05) is 25.4 Å². The minimum absolute atomic E-state index is 0.0866. The number of aromatic nitrogens is 2. The zero-order valence-electron chi connectivity index (χ0n) is 10.6. The average molecular weight is 273 g/mol. The van der Waals surface area contributed by atoms with Crippen LogP contribution in [0.15, 0.2) is 6.07 Å². The van der Waals surface area contributed by atoms with E-state index < -0.39 is 6.04 Å². The molecule has 0 aliphatic rings. The topological polar surface area (TPSA) is 90.1 Å². The van der Waals surface area contributed by atoms with Crippen molar-refractivity contribution in [2.75, 3.05) is 12.4 Å². The predicted octanol–water partition coefficient (Wildman–Crippen LogP) is 1.45. The summed E-state index contributed by atoms with van der Waals surface area (Å²) in [5, 5.41) is 2.70. The highest BCUT2D eigenvalue weighted by Gasteiger charge is 2.16. The molecule has 0 aliphatic carbocycles. The van der Waals surface area contributed by atoms with E-state index in [1.165, 1.54) is 13.2 Å². The van der Waals surface area contributed by atoms with Gasteiger partial charge in [-0.05, 0) is 12.3 Å². The summed E-state index contributed by atoms with van der Waals surface area (Å²) in [5.74, 6) is 0.361. The van der Waals surface area contributed by atoms with E-state index in [4.69, 9.17) is 22.1 Å². The van der Waals surface area contributed by atoms with Crippen LogP contribution in [0.4, 0.5) is 5.95 Å². The van der Waals surface area contributed by atoms with Crippen LogP contribution in [0.2, 0.25) is 5.15 Å². The van der Waals surface area contributed by atoms with Crippen LogP contribution in [0.3, 0.4) is 0 Å². The number of rotatable bonds is 5. The second-order valence-corrected chi connectivity index (χ2v) is 4.67. The molecule has 0 saturated carbocycles. The van der Waals surface area contributed by atoms with Gasteiger partial charge in [0.25, 0.3) is 0 Å². The minimum Gasteiger partial charge on any atom is -0.481 e. The molecule has 6 nitrogen and oxygen atoms in total. The van der Waals surface area contributed by atoms with Gasteiger partial charge < -0.3 is 10.5 Å². The molecule has 1 unspecified atom stereocenters. The fourth-order valence-electron chi connectivity index (χ4n) is 1.38. The summed E-state index contributed by atoms with van der Waals surface area (Å²) in [7, 11) is 1.45. The molecule has 3 N–H and O–H groups in total. The second kappa shape index (κ2) is 6.51. The van der Waals surface area contributed by atoms with Crippen LogP contribution in [0.1, 0.15) is 20.3 Å². The van der Waals surface area contributed by atoms with E-state index in [1.807, 2.05) is 13.8 Å². The highest BCUT2D eigenvalue weighted by molar-refractivity contribution is 6.29. The Bertz CT molecular complexity index is 426. The number of nitrogens with zero attached hydrogens (tertiary/aromatic N) is 2. The van der Waals surface area contributed by atoms with Crippen LogP contribution >= 0.6 is 11.6 Å². The van der Waals surface area contributed by atoms with Crippen LogP contribution in [0.25, 0.3) is 0 Å². The Morgan fingerprint density at radius 2 is 2.22 bits per heavy atom. The van der Waals surface area contributed by atoms with Gasteiger partial charge in [-0.2, -0.15) is 4.98 Å². The molecule has 1 aromatic heterocycles. The molecule has 1 heterocycles. The van der Waals surface area contributed by atoms with Crippen molar-refractivity contribution >= 4 is 23.5 Å². The van der Waals surface area contributed by atoms with Crippen LogP contribution in [0, 0.1) is 5.92 Å². The summed E-state index contributed by atoms with van der Waals surface area (Å²) in [4.78, 5) is 19.6. The number of carbonyl (C=O) groups excluding carboxylic acids is 1. The van der Waals surface area contributed by atoms with Crippen molar-refractivity contribution in [2.45, 2.75) is 26.3 Å². The zero-order chi connectivity index (χ0) is 13.7. The molecule has 0 spiro atoms. The number of amides is 1. The third kappa shape index (κ3) is 4.46. The molecular formula is C11H17ClN4O2. The number of hydrogen-bond acceptors (Lipinski definition) is 5. The molecule has 1 amide bonds. The minimum atomic E-state index is -0.599. The normalized spacial score (nSPS) is 12.3. The molecule has 1 rings (SSSR count). The first-order valence-electron chi connectivity index (χ1n) is 5.57. The number of halogens is 1. The maximum Gasteiger partial charge on any atom is 0.243 e. The molecule has 0 fully saturated rings. The summed E-state index contributed by atoms with van der Waals surface area (Å²) in [6, 6.07) is 0.851.